The minimum Gasteiger partial charge on any atom is -0.454 e. The van der Waals surface area contributed by atoms with E-state index < -0.39 is 24.0 Å². The van der Waals surface area contributed by atoms with Crippen molar-refractivity contribution in [1.82, 2.24) is 5.32 Å². The monoisotopic (exact) mass is 320 g/mol. The highest BCUT2D eigenvalue weighted by Crippen LogP contribution is 2.34. The fraction of sp³-hybridized carbons (Fsp3) is 0.400. The summed E-state index contributed by atoms with van der Waals surface area (Å²) < 4.78 is 15.5. The van der Waals surface area contributed by atoms with Gasteiger partial charge in [-0.3, -0.25) is 9.59 Å². The average molecular weight is 320 g/mol. The molecule has 0 saturated carbocycles. The maximum Gasteiger partial charge on any atom is 0.329 e. The number of hydrogen-bond acceptors (Lipinski definition) is 6. The Labute approximate surface area is 132 Å². The van der Waals surface area contributed by atoms with Crippen LogP contribution in [-0.4, -0.2) is 36.7 Å². The Kier molecular flexibility index (Phi) is 4.05. The topological polar surface area (TPSA) is 103 Å². The van der Waals surface area contributed by atoms with Gasteiger partial charge in [0.1, 0.15) is 6.04 Å². The first-order chi connectivity index (χ1) is 11.0. The van der Waals surface area contributed by atoms with Crippen LogP contribution in [-0.2, 0) is 19.1 Å². The zero-order valence-electron chi connectivity index (χ0n) is 12.5. The van der Waals surface area contributed by atoms with E-state index in [9.17, 15) is 14.4 Å². The van der Waals surface area contributed by atoms with Crippen LogP contribution in [0.25, 0.3) is 0 Å². The van der Waals surface area contributed by atoms with Crippen molar-refractivity contribution in [1.29, 1.82) is 0 Å². The van der Waals surface area contributed by atoms with Gasteiger partial charge in [-0.25, -0.2) is 4.79 Å². The van der Waals surface area contributed by atoms with Gasteiger partial charge in [-0.1, -0.05) is 0 Å². The molecular formula is C15H16N2O6. The van der Waals surface area contributed by atoms with E-state index in [0.29, 0.717) is 23.6 Å². The van der Waals surface area contributed by atoms with E-state index in [1.54, 1.807) is 18.2 Å². The Morgan fingerprint density at radius 1 is 1.35 bits per heavy atom. The molecule has 2 heterocycles. The summed E-state index contributed by atoms with van der Waals surface area (Å²) in [5, 5.41) is 5.14. The quantitative estimate of drug-likeness (QED) is 0.786. The normalized spacial score (nSPS) is 19.9. The third-order valence-corrected chi connectivity index (χ3v) is 3.58. The summed E-state index contributed by atoms with van der Waals surface area (Å²) in [7, 11) is 0. The van der Waals surface area contributed by atoms with Crippen molar-refractivity contribution in [2.24, 2.45) is 0 Å². The predicted octanol–water partition coefficient (Wildman–Crippen LogP) is 0.564. The van der Waals surface area contributed by atoms with Crippen LogP contribution in [0.5, 0.6) is 11.5 Å². The third kappa shape index (κ3) is 3.36. The number of nitrogens with one attached hydrogen (secondary N) is 2. The SMILES string of the molecule is C[C@@H](OC(=O)[C@H]1CCC(=O)N1)C(=O)Nc1ccc2c(c1)OCO2. The largest absolute Gasteiger partial charge is 0.454 e. The Bertz CT molecular complexity index is 659. The molecule has 0 aliphatic carbocycles. The van der Waals surface area contributed by atoms with Gasteiger partial charge in [-0.2, -0.15) is 0 Å². The first-order valence-corrected chi connectivity index (χ1v) is 7.23. The number of fused-ring (bicyclic) bond motifs is 1. The number of carbonyl (C=O) groups excluding carboxylic acids is 3. The molecule has 1 fully saturated rings. The standard InChI is InChI=1S/C15H16N2O6/c1-8(23-15(20)10-3-5-13(18)17-10)14(19)16-9-2-4-11-12(6-9)22-7-21-11/h2,4,6,8,10H,3,5,7H2,1H3,(H,16,19)(H,17,18)/t8-,10-/m1/s1. The van der Waals surface area contributed by atoms with Gasteiger partial charge in [0.2, 0.25) is 12.7 Å². The van der Waals surface area contributed by atoms with Crippen molar-refractivity contribution in [3.05, 3.63) is 18.2 Å². The lowest BCUT2D eigenvalue weighted by atomic mass is 10.2. The first-order valence-electron chi connectivity index (χ1n) is 7.23. The summed E-state index contributed by atoms with van der Waals surface area (Å²) >= 11 is 0. The molecule has 1 aromatic rings. The van der Waals surface area contributed by atoms with Crippen LogP contribution in [0.15, 0.2) is 18.2 Å². The van der Waals surface area contributed by atoms with Crippen molar-refractivity contribution >= 4 is 23.5 Å². The number of amides is 2. The van der Waals surface area contributed by atoms with Crippen LogP contribution in [0, 0.1) is 0 Å². The van der Waals surface area contributed by atoms with E-state index in [-0.39, 0.29) is 19.1 Å². The molecule has 0 unspecified atom stereocenters. The summed E-state index contributed by atoms with van der Waals surface area (Å²) in [4.78, 5) is 35.0. The van der Waals surface area contributed by atoms with Gasteiger partial charge in [-0.15, -0.1) is 0 Å². The highest BCUT2D eigenvalue weighted by molar-refractivity contribution is 5.96. The fourth-order valence-corrected chi connectivity index (χ4v) is 2.32. The Morgan fingerprint density at radius 2 is 2.13 bits per heavy atom. The molecule has 2 atom stereocenters. The maximum absolute atomic E-state index is 12.1. The number of ether oxygens (including phenoxy) is 3. The molecule has 0 aromatic heterocycles. The molecule has 2 aliphatic heterocycles. The summed E-state index contributed by atoms with van der Waals surface area (Å²) in [6.07, 6.45) is -0.309. The zero-order valence-corrected chi connectivity index (χ0v) is 12.5. The second-order valence-corrected chi connectivity index (χ2v) is 5.30. The second-order valence-electron chi connectivity index (χ2n) is 5.30. The lowest BCUT2D eigenvalue weighted by molar-refractivity contribution is -0.155. The molecular weight excluding hydrogens is 304 g/mol. The minimum atomic E-state index is -0.981. The van der Waals surface area contributed by atoms with Crippen LogP contribution in [0.4, 0.5) is 5.69 Å². The van der Waals surface area contributed by atoms with Gasteiger partial charge in [0.25, 0.3) is 5.91 Å². The fourth-order valence-electron chi connectivity index (χ4n) is 2.32. The van der Waals surface area contributed by atoms with Crippen molar-refractivity contribution < 1.29 is 28.6 Å². The summed E-state index contributed by atoms with van der Waals surface area (Å²) in [5.41, 5.74) is 0.510. The first kappa shape index (κ1) is 15.1. The van der Waals surface area contributed by atoms with Crippen LogP contribution < -0.4 is 20.1 Å². The number of benzene rings is 1. The number of esters is 1. The van der Waals surface area contributed by atoms with Gasteiger partial charge in [0.05, 0.1) is 0 Å². The Morgan fingerprint density at radius 3 is 2.87 bits per heavy atom. The van der Waals surface area contributed by atoms with Gasteiger partial charge >= 0.3 is 5.97 Å². The van der Waals surface area contributed by atoms with Crippen LogP contribution >= 0.6 is 0 Å². The summed E-state index contributed by atoms with van der Waals surface area (Å²) in [5.74, 6) is -0.115. The van der Waals surface area contributed by atoms with E-state index in [4.69, 9.17) is 14.2 Å². The van der Waals surface area contributed by atoms with Crippen LogP contribution in [0.2, 0.25) is 0 Å². The minimum absolute atomic E-state index is 0.147. The number of hydrogen-bond donors (Lipinski definition) is 2. The van der Waals surface area contributed by atoms with Gasteiger partial charge < -0.3 is 24.8 Å². The van der Waals surface area contributed by atoms with Crippen molar-refractivity contribution in [2.75, 3.05) is 12.1 Å². The van der Waals surface area contributed by atoms with Gasteiger partial charge in [-0.05, 0) is 25.5 Å². The van der Waals surface area contributed by atoms with Crippen LogP contribution in [0.1, 0.15) is 19.8 Å². The molecule has 8 heteroatoms. The van der Waals surface area contributed by atoms with Crippen LogP contribution in [0.3, 0.4) is 0 Å². The van der Waals surface area contributed by atoms with Gasteiger partial charge in [0, 0.05) is 18.2 Å². The van der Waals surface area contributed by atoms with Gasteiger partial charge in [0.15, 0.2) is 17.6 Å². The molecule has 2 amide bonds. The van der Waals surface area contributed by atoms with E-state index in [2.05, 4.69) is 10.6 Å². The molecule has 0 bridgehead atoms. The Hall–Kier alpha value is -2.77. The van der Waals surface area contributed by atoms with E-state index >= 15 is 0 Å². The second kappa shape index (κ2) is 6.15. The van der Waals surface area contributed by atoms with Crippen molar-refractivity contribution in [3.8, 4) is 11.5 Å². The molecule has 8 nitrogen and oxygen atoms in total. The molecule has 2 aliphatic rings. The number of carbonyl (C=O) groups is 3. The smallest absolute Gasteiger partial charge is 0.329 e. The number of anilines is 1. The van der Waals surface area contributed by atoms with E-state index in [1.807, 2.05) is 0 Å². The molecule has 23 heavy (non-hydrogen) atoms. The molecule has 2 N–H and O–H groups in total. The molecule has 1 aromatic carbocycles. The highest BCUT2D eigenvalue weighted by atomic mass is 16.7. The summed E-state index contributed by atoms with van der Waals surface area (Å²) in [6.45, 7) is 1.62. The van der Waals surface area contributed by atoms with E-state index in [1.165, 1.54) is 6.92 Å². The molecule has 3 rings (SSSR count). The lowest BCUT2D eigenvalue weighted by Crippen LogP contribution is -2.39. The number of rotatable bonds is 4. The molecule has 122 valence electrons. The third-order valence-electron chi connectivity index (χ3n) is 3.58. The molecule has 0 radical (unpaired) electrons. The van der Waals surface area contributed by atoms with Crippen molar-refractivity contribution in [2.45, 2.75) is 31.9 Å². The van der Waals surface area contributed by atoms with E-state index in [0.717, 1.165) is 0 Å². The lowest BCUT2D eigenvalue weighted by Gasteiger charge is -2.16. The highest BCUT2D eigenvalue weighted by Gasteiger charge is 2.30. The molecule has 0 spiro atoms. The zero-order chi connectivity index (χ0) is 16.4. The summed E-state index contributed by atoms with van der Waals surface area (Å²) in [6, 6.07) is 4.30. The van der Waals surface area contributed by atoms with Crippen molar-refractivity contribution in [3.63, 3.8) is 0 Å². The predicted molar refractivity (Wildman–Crippen MR) is 77.9 cm³/mol. The average Bonchev–Trinajstić information content (AvgIpc) is 3.15. The molecule has 1 saturated heterocycles. The maximum atomic E-state index is 12.1. The Balaban J connectivity index is 1.55.